The van der Waals surface area contributed by atoms with Crippen LogP contribution in [0, 0.1) is 5.92 Å². The average Bonchev–Trinajstić information content (AvgIpc) is 2.74. The molecule has 2 aliphatic carbocycles. The zero-order chi connectivity index (χ0) is 11.4. The Labute approximate surface area is 97.9 Å². The Balaban J connectivity index is 1.66. The quantitative estimate of drug-likeness (QED) is 0.783. The van der Waals surface area contributed by atoms with Crippen LogP contribution in [0.2, 0.25) is 0 Å². The number of nitrogens with one attached hydrogen (secondary N) is 1. The zero-order valence-electron chi connectivity index (χ0n) is 10.2. The predicted octanol–water partition coefficient (Wildman–Crippen LogP) is 3.23. The van der Waals surface area contributed by atoms with Crippen molar-refractivity contribution in [3.8, 4) is 0 Å². The van der Waals surface area contributed by atoms with Crippen LogP contribution >= 0.6 is 0 Å². The lowest BCUT2D eigenvalue weighted by atomic mass is 9.87. The van der Waals surface area contributed by atoms with Crippen molar-refractivity contribution < 1.29 is 9.53 Å². The summed E-state index contributed by atoms with van der Waals surface area (Å²) in [7, 11) is 0. The molecule has 0 saturated heterocycles. The van der Waals surface area contributed by atoms with Crippen molar-refractivity contribution in [2.75, 3.05) is 0 Å². The van der Waals surface area contributed by atoms with E-state index >= 15 is 0 Å². The highest BCUT2D eigenvalue weighted by atomic mass is 16.6. The molecular formula is C13H23NO2. The Bertz CT molecular complexity index is 228. The summed E-state index contributed by atoms with van der Waals surface area (Å²) < 4.78 is 5.39. The number of ether oxygens (including phenoxy) is 1. The largest absolute Gasteiger partial charge is 0.446 e. The third kappa shape index (κ3) is 3.39. The summed E-state index contributed by atoms with van der Waals surface area (Å²) in [6, 6.07) is 0.352. The molecule has 2 saturated carbocycles. The van der Waals surface area contributed by atoms with Gasteiger partial charge in [0.05, 0.1) is 0 Å². The molecule has 92 valence electrons. The highest BCUT2D eigenvalue weighted by Gasteiger charge is 2.23. The fourth-order valence-corrected chi connectivity index (χ4v) is 2.76. The van der Waals surface area contributed by atoms with E-state index in [1.54, 1.807) is 0 Å². The topological polar surface area (TPSA) is 38.3 Å². The summed E-state index contributed by atoms with van der Waals surface area (Å²) in [5.41, 5.74) is 0. The van der Waals surface area contributed by atoms with Crippen LogP contribution in [0.3, 0.4) is 0 Å². The predicted molar refractivity (Wildman–Crippen MR) is 63.3 cm³/mol. The second-order valence-corrected chi connectivity index (χ2v) is 5.41. The van der Waals surface area contributed by atoms with E-state index in [-0.39, 0.29) is 12.2 Å². The summed E-state index contributed by atoms with van der Waals surface area (Å²) in [6.45, 7) is 2.28. The summed E-state index contributed by atoms with van der Waals surface area (Å²) in [5.74, 6) is 0.823. The van der Waals surface area contributed by atoms with Gasteiger partial charge in [-0.1, -0.05) is 6.92 Å². The molecule has 2 aliphatic rings. The number of amides is 1. The van der Waals surface area contributed by atoms with Gasteiger partial charge in [0.1, 0.15) is 6.10 Å². The van der Waals surface area contributed by atoms with Gasteiger partial charge in [0.2, 0.25) is 0 Å². The third-order valence-corrected chi connectivity index (χ3v) is 3.91. The fourth-order valence-electron chi connectivity index (χ4n) is 2.76. The maximum absolute atomic E-state index is 11.6. The van der Waals surface area contributed by atoms with Gasteiger partial charge in [0.25, 0.3) is 0 Å². The summed E-state index contributed by atoms with van der Waals surface area (Å²) in [4.78, 5) is 11.6. The molecule has 0 bridgehead atoms. The lowest BCUT2D eigenvalue weighted by Gasteiger charge is -2.27. The Morgan fingerprint density at radius 2 is 1.69 bits per heavy atom. The van der Waals surface area contributed by atoms with Crippen molar-refractivity contribution in [1.82, 2.24) is 5.32 Å². The molecule has 0 aromatic rings. The number of alkyl carbamates (subject to hydrolysis) is 1. The van der Waals surface area contributed by atoms with Gasteiger partial charge < -0.3 is 10.1 Å². The van der Waals surface area contributed by atoms with E-state index in [9.17, 15) is 4.79 Å². The molecule has 1 amide bonds. The normalized spacial score (nSPS) is 31.3. The van der Waals surface area contributed by atoms with Crippen molar-refractivity contribution in [1.29, 1.82) is 0 Å². The van der Waals surface area contributed by atoms with Gasteiger partial charge in [-0.25, -0.2) is 4.79 Å². The minimum Gasteiger partial charge on any atom is -0.446 e. The lowest BCUT2D eigenvalue weighted by Crippen LogP contribution is -2.38. The molecule has 1 N–H and O–H groups in total. The lowest BCUT2D eigenvalue weighted by molar-refractivity contribution is 0.0951. The molecular weight excluding hydrogens is 202 g/mol. The SMILES string of the molecule is C[C@H]1CC[C@H](NC(=O)OC2CCCC2)CC1. The van der Waals surface area contributed by atoms with Crippen LogP contribution in [0.4, 0.5) is 4.79 Å². The Morgan fingerprint density at radius 1 is 1.06 bits per heavy atom. The first-order valence-corrected chi connectivity index (χ1v) is 6.71. The van der Waals surface area contributed by atoms with Crippen LogP contribution in [0.25, 0.3) is 0 Å². The molecule has 0 aromatic carbocycles. The average molecular weight is 225 g/mol. The summed E-state index contributed by atoms with van der Waals surface area (Å²) in [6.07, 6.45) is 9.20. The summed E-state index contributed by atoms with van der Waals surface area (Å²) >= 11 is 0. The maximum atomic E-state index is 11.6. The van der Waals surface area contributed by atoms with Crippen molar-refractivity contribution in [2.45, 2.75) is 70.4 Å². The molecule has 0 unspecified atom stereocenters. The first-order valence-electron chi connectivity index (χ1n) is 6.71. The number of carbonyl (C=O) groups excluding carboxylic acids is 1. The molecule has 0 heterocycles. The van der Waals surface area contributed by atoms with Crippen LogP contribution < -0.4 is 5.32 Å². The van der Waals surface area contributed by atoms with Gasteiger partial charge in [-0.3, -0.25) is 0 Å². The smallest absolute Gasteiger partial charge is 0.407 e. The zero-order valence-corrected chi connectivity index (χ0v) is 10.2. The number of hydrogen-bond donors (Lipinski definition) is 1. The van der Waals surface area contributed by atoms with Crippen molar-refractivity contribution in [3.63, 3.8) is 0 Å². The van der Waals surface area contributed by atoms with Crippen molar-refractivity contribution in [3.05, 3.63) is 0 Å². The molecule has 16 heavy (non-hydrogen) atoms. The van der Waals surface area contributed by atoms with Gasteiger partial charge in [0, 0.05) is 6.04 Å². The van der Waals surface area contributed by atoms with Crippen LogP contribution in [-0.2, 0) is 4.74 Å². The van der Waals surface area contributed by atoms with Gasteiger partial charge in [-0.2, -0.15) is 0 Å². The van der Waals surface area contributed by atoms with E-state index in [1.165, 1.54) is 25.7 Å². The molecule has 2 rings (SSSR count). The second kappa shape index (κ2) is 5.55. The van der Waals surface area contributed by atoms with Crippen molar-refractivity contribution >= 4 is 6.09 Å². The van der Waals surface area contributed by atoms with Gasteiger partial charge >= 0.3 is 6.09 Å². The first-order chi connectivity index (χ1) is 7.74. The minimum atomic E-state index is -0.188. The van der Waals surface area contributed by atoms with Gasteiger partial charge in [0.15, 0.2) is 0 Å². The van der Waals surface area contributed by atoms with E-state index in [0.717, 1.165) is 31.6 Å². The number of carbonyl (C=O) groups is 1. The highest BCUT2D eigenvalue weighted by molar-refractivity contribution is 5.67. The molecule has 3 heteroatoms. The van der Waals surface area contributed by atoms with Crippen molar-refractivity contribution in [2.24, 2.45) is 5.92 Å². The Kier molecular flexibility index (Phi) is 4.08. The third-order valence-electron chi connectivity index (χ3n) is 3.91. The molecule has 0 spiro atoms. The standard InChI is InChI=1S/C13H23NO2/c1-10-6-8-11(9-7-10)14-13(15)16-12-4-2-3-5-12/h10-12H,2-9H2,1H3,(H,14,15)/t10-,11-. The van der Waals surface area contributed by atoms with E-state index in [2.05, 4.69) is 12.2 Å². The molecule has 0 aliphatic heterocycles. The molecule has 2 fully saturated rings. The Morgan fingerprint density at radius 3 is 2.31 bits per heavy atom. The molecule has 0 radical (unpaired) electrons. The van der Waals surface area contributed by atoms with E-state index in [0.29, 0.717) is 6.04 Å². The van der Waals surface area contributed by atoms with Crippen LogP contribution in [0.5, 0.6) is 0 Å². The van der Waals surface area contributed by atoms with Crippen LogP contribution in [-0.4, -0.2) is 18.2 Å². The maximum Gasteiger partial charge on any atom is 0.407 e. The van der Waals surface area contributed by atoms with E-state index in [1.807, 2.05) is 0 Å². The van der Waals surface area contributed by atoms with Gasteiger partial charge in [-0.05, 0) is 57.3 Å². The molecule has 0 aromatic heterocycles. The highest BCUT2D eigenvalue weighted by Crippen LogP contribution is 2.24. The monoisotopic (exact) mass is 225 g/mol. The second-order valence-electron chi connectivity index (χ2n) is 5.41. The number of rotatable bonds is 2. The first kappa shape index (κ1) is 11.7. The Hall–Kier alpha value is -0.730. The molecule has 3 nitrogen and oxygen atoms in total. The molecule has 0 atom stereocenters. The van der Waals surface area contributed by atoms with Gasteiger partial charge in [-0.15, -0.1) is 0 Å². The van der Waals surface area contributed by atoms with Crippen LogP contribution in [0.1, 0.15) is 58.3 Å². The minimum absolute atomic E-state index is 0.183. The van der Waals surface area contributed by atoms with E-state index in [4.69, 9.17) is 4.74 Å². The van der Waals surface area contributed by atoms with E-state index < -0.39 is 0 Å². The fraction of sp³-hybridized carbons (Fsp3) is 0.923. The number of hydrogen-bond acceptors (Lipinski definition) is 2. The van der Waals surface area contributed by atoms with Crippen LogP contribution in [0.15, 0.2) is 0 Å². The summed E-state index contributed by atoms with van der Waals surface area (Å²) in [5, 5.41) is 3.01.